The molecule has 0 radical (unpaired) electrons. The molecule has 0 unspecified atom stereocenters. The largest absolute Gasteiger partial charge is 0.397 e. The number of amides is 1. The lowest BCUT2D eigenvalue weighted by atomic mass is 10.1. The highest BCUT2D eigenvalue weighted by molar-refractivity contribution is 7.99. The number of nitrogen functional groups attached to an aromatic ring is 1. The van der Waals surface area contributed by atoms with Crippen molar-refractivity contribution in [3.8, 4) is 12.3 Å². The third kappa shape index (κ3) is 5.14. The number of carbonyl (C=O) groups is 1. The van der Waals surface area contributed by atoms with E-state index in [0.717, 1.165) is 18.0 Å². The van der Waals surface area contributed by atoms with Crippen molar-refractivity contribution in [2.75, 3.05) is 35.6 Å². The molecule has 1 aromatic carbocycles. The number of rotatable bonds is 7. The molecule has 1 rings (SSSR count). The van der Waals surface area contributed by atoms with E-state index < -0.39 is 0 Å². The highest BCUT2D eigenvalue weighted by Crippen LogP contribution is 2.19. The molecule has 0 bridgehead atoms. The minimum absolute atomic E-state index is 0.106. The summed E-state index contributed by atoms with van der Waals surface area (Å²) < 4.78 is 0. The van der Waals surface area contributed by atoms with Gasteiger partial charge >= 0.3 is 0 Å². The van der Waals surface area contributed by atoms with Crippen molar-refractivity contribution < 1.29 is 4.79 Å². The first-order chi connectivity index (χ1) is 9.19. The second-order valence-corrected chi connectivity index (χ2v) is 4.95. The Kier molecular flexibility index (Phi) is 6.69. The minimum atomic E-state index is -0.106. The standard InChI is InChI=1S/C14H19N3OS/c1-3-8-19-9-7-17-13-6-5-11(10-12(13)15)14(18)16-4-2/h1,5-6,10,17H,4,7-9,15H2,2H3,(H,16,18). The lowest BCUT2D eigenvalue weighted by molar-refractivity contribution is 0.0956. The van der Waals surface area contributed by atoms with E-state index in [1.165, 1.54) is 0 Å². The van der Waals surface area contributed by atoms with E-state index in [4.69, 9.17) is 12.2 Å². The van der Waals surface area contributed by atoms with Crippen molar-refractivity contribution >= 4 is 29.0 Å². The molecule has 102 valence electrons. The average molecular weight is 277 g/mol. The molecule has 0 aliphatic rings. The van der Waals surface area contributed by atoms with Crippen molar-refractivity contribution in [3.63, 3.8) is 0 Å². The van der Waals surface area contributed by atoms with Crippen molar-refractivity contribution in [2.45, 2.75) is 6.92 Å². The highest BCUT2D eigenvalue weighted by Gasteiger charge is 2.06. The predicted molar refractivity (Wildman–Crippen MR) is 83.5 cm³/mol. The van der Waals surface area contributed by atoms with Crippen LogP contribution in [0.25, 0.3) is 0 Å². The van der Waals surface area contributed by atoms with Gasteiger partial charge in [0.15, 0.2) is 0 Å². The molecule has 1 aromatic rings. The van der Waals surface area contributed by atoms with E-state index in [0.29, 0.717) is 23.5 Å². The maximum Gasteiger partial charge on any atom is 0.251 e. The van der Waals surface area contributed by atoms with Crippen LogP contribution in [-0.2, 0) is 0 Å². The smallest absolute Gasteiger partial charge is 0.251 e. The molecule has 0 spiro atoms. The number of benzene rings is 1. The Bertz CT molecular complexity index is 468. The van der Waals surface area contributed by atoms with Gasteiger partial charge in [-0.3, -0.25) is 4.79 Å². The first kappa shape index (κ1) is 15.3. The van der Waals surface area contributed by atoms with Crippen molar-refractivity contribution in [1.29, 1.82) is 0 Å². The molecule has 4 N–H and O–H groups in total. The molecular formula is C14H19N3OS. The van der Waals surface area contributed by atoms with Crippen LogP contribution in [0, 0.1) is 12.3 Å². The molecule has 1 amide bonds. The lowest BCUT2D eigenvalue weighted by Crippen LogP contribution is -2.22. The van der Waals surface area contributed by atoms with Crippen molar-refractivity contribution in [3.05, 3.63) is 23.8 Å². The predicted octanol–water partition coefficient (Wildman–Crippen LogP) is 1.80. The third-order valence-corrected chi connectivity index (χ3v) is 3.26. The lowest BCUT2D eigenvalue weighted by Gasteiger charge is -2.10. The summed E-state index contributed by atoms with van der Waals surface area (Å²) in [5.74, 6) is 4.10. The zero-order valence-electron chi connectivity index (χ0n) is 11.0. The fraction of sp³-hybridized carbons (Fsp3) is 0.357. The minimum Gasteiger partial charge on any atom is -0.397 e. The molecule has 0 saturated heterocycles. The fourth-order valence-electron chi connectivity index (χ4n) is 1.52. The average Bonchev–Trinajstić information content (AvgIpc) is 2.40. The van der Waals surface area contributed by atoms with Gasteiger partial charge in [0.25, 0.3) is 5.91 Å². The normalized spacial score (nSPS) is 9.68. The van der Waals surface area contributed by atoms with Crippen LogP contribution in [0.3, 0.4) is 0 Å². The monoisotopic (exact) mass is 277 g/mol. The molecule has 19 heavy (non-hydrogen) atoms. The molecule has 4 nitrogen and oxygen atoms in total. The first-order valence-corrected chi connectivity index (χ1v) is 7.27. The molecule has 0 saturated carbocycles. The summed E-state index contributed by atoms with van der Waals surface area (Å²) in [5.41, 5.74) is 7.91. The van der Waals surface area contributed by atoms with Gasteiger partial charge in [-0.15, -0.1) is 18.2 Å². The maximum atomic E-state index is 11.6. The summed E-state index contributed by atoms with van der Waals surface area (Å²) in [6.45, 7) is 3.27. The number of hydrogen-bond acceptors (Lipinski definition) is 4. The second kappa shape index (κ2) is 8.33. The van der Waals surface area contributed by atoms with Gasteiger partial charge in [0, 0.05) is 24.4 Å². The van der Waals surface area contributed by atoms with E-state index in [1.807, 2.05) is 13.0 Å². The number of thioether (sulfide) groups is 1. The van der Waals surface area contributed by atoms with E-state index in [9.17, 15) is 4.79 Å². The molecule has 0 fully saturated rings. The zero-order valence-corrected chi connectivity index (χ0v) is 11.8. The molecule has 0 aromatic heterocycles. The Morgan fingerprint density at radius 3 is 2.95 bits per heavy atom. The van der Waals surface area contributed by atoms with Gasteiger partial charge in [-0.25, -0.2) is 0 Å². The van der Waals surface area contributed by atoms with Gasteiger partial charge in [0.1, 0.15) is 0 Å². The van der Waals surface area contributed by atoms with Crippen LogP contribution in [0.4, 0.5) is 11.4 Å². The summed E-state index contributed by atoms with van der Waals surface area (Å²) >= 11 is 1.69. The Labute approximate surface area is 118 Å². The number of hydrogen-bond donors (Lipinski definition) is 3. The fourth-order valence-corrected chi connectivity index (χ4v) is 2.03. The first-order valence-electron chi connectivity index (χ1n) is 6.11. The van der Waals surface area contributed by atoms with Crippen LogP contribution in [0.1, 0.15) is 17.3 Å². The van der Waals surface area contributed by atoms with Crippen LogP contribution >= 0.6 is 11.8 Å². The number of nitrogens with two attached hydrogens (primary N) is 1. The third-order valence-electron chi connectivity index (χ3n) is 2.40. The summed E-state index contributed by atoms with van der Waals surface area (Å²) in [7, 11) is 0. The summed E-state index contributed by atoms with van der Waals surface area (Å²) in [5, 5.41) is 5.96. The number of terminal acetylenes is 1. The summed E-state index contributed by atoms with van der Waals surface area (Å²) in [4.78, 5) is 11.6. The van der Waals surface area contributed by atoms with E-state index in [-0.39, 0.29) is 5.91 Å². The number of anilines is 2. The van der Waals surface area contributed by atoms with E-state index >= 15 is 0 Å². The molecule has 0 atom stereocenters. The topological polar surface area (TPSA) is 67.2 Å². The van der Waals surface area contributed by atoms with Gasteiger partial charge in [-0.1, -0.05) is 5.92 Å². The Morgan fingerprint density at radius 2 is 2.32 bits per heavy atom. The van der Waals surface area contributed by atoms with Gasteiger partial charge in [0.05, 0.1) is 17.1 Å². The maximum absolute atomic E-state index is 11.6. The number of carbonyl (C=O) groups excluding carboxylic acids is 1. The van der Waals surface area contributed by atoms with Crippen LogP contribution in [0.2, 0.25) is 0 Å². The Balaban J connectivity index is 2.53. The van der Waals surface area contributed by atoms with Crippen molar-refractivity contribution in [2.24, 2.45) is 0 Å². The van der Waals surface area contributed by atoms with Gasteiger partial charge in [0.2, 0.25) is 0 Å². The second-order valence-electron chi connectivity index (χ2n) is 3.84. The molecule has 0 heterocycles. The molecule has 5 heteroatoms. The molecule has 0 aliphatic carbocycles. The SMILES string of the molecule is C#CCSCCNc1ccc(C(=O)NCC)cc1N. The van der Waals surface area contributed by atoms with Crippen LogP contribution in [0.5, 0.6) is 0 Å². The summed E-state index contributed by atoms with van der Waals surface area (Å²) in [6.07, 6.45) is 5.17. The summed E-state index contributed by atoms with van der Waals surface area (Å²) in [6, 6.07) is 5.27. The number of nitrogens with one attached hydrogen (secondary N) is 2. The van der Waals surface area contributed by atoms with Gasteiger partial charge in [-0.2, -0.15) is 0 Å². The van der Waals surface area contributed by atoms with Crippen LogP contribution in [0.15, 0.2) is 18.2 Å². The Morgan fingerprint density at radius 1 is 1.53 bits per heavy atom. The van der Waals surface area contributed by atoms with Crippen LogP contribution < -0.4 is 16.4 Å². The molecular weight excluding hydrogens is 258 g/mol. The van der Waals surface area contributed by atoms with E-state index in [2.05, 4.69) is 16.6 Å². The van der Waals surface area contributed by atoms with Gasteiger partial charge in [-0.05, 0) is 25.1 Å². The van der Waals surface area contributed by atoms with Crippen molar-refractivity contribution in [1.82, 2.24) is 5.32 Å². The highest BCUT2D eigenvalue weighted by atomic mass is 32.2. The quantitative estimate of drug-likeness (QED) is 0.404. The van der Waals surface area contributed by atoms with Crippen LogP contribution in [-0.4, -0.2) is 30.5 Å². The molecule has 0 aliphatic heterocycles. The zero-order chi connectivity index (χ0) is 14.1. The van der Waals surface area contributed by atoms with E-state index in [1.54, 1.807) is 23.9 Å². The van der Waals surface area contributed by atoms with Gasteiger partial charge < -0.3 is 16.4 Å². The Hall–Kier alpha value is -1.80.